The lowest BCUT2D eigenvalue weighted by Crippen LogP contribution is -2.05. The van der Waals surface area contributed by atoms with E-state index in [1.807, 2.05) is 6.92 Å². The van der Waals surface area contributed by atoms with E-state index in [0.717, 1.165) is 12.8 Å². The molecule has 2 aromatic rings. The summed E-state index contributed by atoms with van der Waals surface area (Å²) in [5.41, 5.74) is 1.06. The van der Waals surface area contributed by atoms with Crippen molar-refractivity contribution in [1.29, 1.82) is 0 Å². The molecule has 6 heteroatoms. The van der Waals surface area contributed by atoms with Gasteiger partial charge in [0.2, 0.25) is 0 Å². The number of non-ortho nitro benzene ring substituents is 1. The van der Waals surface area contributed by atoms with Crippen LogP contribution in [0.1, 0.15) is 35.7 Å². The molecule has 6 nitrogen and oxygen atoms in total. The number of nitrogens with zero attached hydrogens (tertiary/aromatic N) is 2. The third-order valence-corrected chi connectivity index (χ3v) is 3.15. The van der Waals surface area contributed by atoms with Gasteiger partial charge in [0, 0.05) is 23.7 Å². The Kier molecular flexibility index (Phi) is 3.93. The number of benzene rings is 1. The van der Waals surface area contributed by atoms with Crippen molar-refractivity contribution in [2.75, 3.05) is 0 Å². The van der Waals surface area contributed by atoms with Gasteiger partial charge in [-0.1, -0.05) is 13.3 Å². The van der Waals surface area contributed by atoms with Crippen molar-refractivity contribution in [2.24, 2.45) is 0 Å². The number of aryl methyl sites for hydroxylation is 1. The summed E-state index contributed by atoms with van der Waals surface area (Å²) in [4.78, 5) is 26.0. The third-order valence-electron chi connectivity index (χ3n) is 3.15. The summed E-state index contributed by atoms with van der Waals surface area (Å²) >= 11 is 0. The quantitative estimate of drug-likeness (QED) is 0.667. The van der Waals surface area contributed by atoms with Crippen LogP contribution < -0.4 is 0 Å². The molecule has 0 atom stereocenters. The number of pyridine rings is 1. The molecule has 1 aromatic heterocycles. The Morgan fingerprint density at radius 3 is 2.80 bits per heavy atom. The fourth-order valence-corrected chi connectivity index (χ4v) is 2.14. The molecule has 0 aliphatic heterocycles. The summed E-state index contributed by atoms with van der Waals surface area (Å²) in [6, 6.07) is 4.08. The number of hydrogen-bond acceptors (Lipinski definition) is 4. The van der Waals surface area contributed by atoms with Gasteiger partial charge in [-0.15, -0.1) is 0 Å². The lowest BCUT2D eigenvalue weighted by molar-refractivity contribution is -0.384. The number of rotatable bonds is 5. The summed E-state index contributed by atoms with van der Waals surface area (Å²) in [5, 5.41) is 20.5. The normalized spacial score (nSPS) is 10.7. The van der Waals surface area contributed by atoms with Crippen LogP contribution >= 0.6 is 0 Å². The molecule has 1 heterocycles. The maximum Gasteiger partial charge on any atom is 0.336 e. The second-order valence-electron chi connectivity index (χ2n) is 4.53. The molecule has 0 saturated carbocycles. The summed E-state index contributed by atoms with van der Waals surface area (Å²) in [5.74, 6) is -1.08. The summed E-state index contributed by atoms with van der Waals surface area (Å²) < 4.78 is 0. The average Bonchev–Trinajstić information content (AvgIpc) is 2.43. The van der Waals surface area contributed by atoms with Crippen molar-refractivity contribution in [1.82, 2.24) is 4.98 Å². The van der Waals surface area contributed by atoms with Crippen LogP contribution in [0.4, 0.5) is 5.69 Å². The zero-order chi connectivity index (χ0) is 14.7. The molecule has 0 radical (unpaired) electrons. The molecule has 0 saturated heterocycles. The number of carboxylic acids is 1. The first-order chi connectivity index (χ1) is 9.54. The maximum absolute atomic E-state index is 11.5. The minimum atomic E-state index is -1.08. The van der Waals surface area contributed by atoms with E-state index in [4.69, 9.17) is 0 Å². The smallest absolute Gasteiger partial charge is 0.336 e. The number of carbonyl (C=O) groups is 1. The molecule has 0 aliphatic carbocycles. The Labute approximate surface area is 115 Å². The van der Waals surface area contributed by atoms with Gasteiger partial charge in [-0.2, -0.15) is 0 Å². The van der Waals surface area contributed by atoms with Gasteiger partial charge in [-0.05, 0) is 24.5 Å². The van der Waals surface area contributed by atoms with Gasteiger partial charge in [-0.3, -0.25) is 15.1 Å². The first-order valence-corrected chi connectivity index (χ1v) is 6.34. The first-order valence-electron chi connectivity index (χ1n) is 6.34. The Balaban J connectivity index is 2.68. The van der Waals surface area contributed by atoms with Crippen LogP contribution in [-0.4, -0.2) is 21.0 Å². The van der Waals surface area contributed by atoms with E-state index < -0.39 is 10.9 Å². The van der Waals surface area contributed by atoms with Gasteiger partial charge in [0.05, 0.1) is 16.0 Å². The molecule has 0 spiro atoms. The van der Waals surface area contributed by atoms with Crippen LogP contribution in [0.15, 0.2) is 24.4 Å². The largest absolute Gasteiger partial charge is 0.478 e. The molecular formula is C14H14N2O4. The van der Waals surface area contributed by atoms with Crippen molar-refractivity contribution in [3.05, 3.63) is 45.6 Å². The average molecular weight is 274 g/mol. The lowest BCUT2D eigenvalue weighted by Gasteiger charge is -2.08. The van der Waals surface area contributed by atoms with Crippen molar-refractivity contribution in [3.8, 4) is 0 Å². The van der Waals surface area contributed by atoms with Crippen molar-refractivity contribution in [2.45, 2.75) is 26.2 Å². The molecule has 1 aromatic carbocycles. The number of nitro groups is 1. The van der Waals surface area contributed by atoms with Crippen LogP contribution in [0.5, 0.6) is 0 Å². The highest BCUT2D eigenvalue weighted by atomic mass is 16.6. The highest BCUT2D eigenvalue weighted by Gasteiger charge is 2.17. The predicted octanol–water partition coefficient (Wildman–Crippen LogP) is 3.18. The van der Waals surface area contributed by atoms with Crippen molar-refractivity contribution >= 4 is 22.6 Å². The summed E-state index contributed by atoms with van der Waals surface area (Å²) in [7, 11) is 0. The molecule has 0 aliphatic rings. The van der Waals surface area contributed by atoms with Gasteiger partial charge in [0.1, 0.15) is 0 Å². The second-order valence-corrected chi connectivity index (χ2v) is 4.53. The highest BCUT2D eigenvalue weighted by molar-refractivity contribution is 6.04. The summed E-state index contributed by atoms with van der Waals surface area (Å²) in [6.45, 7) is 2.01. The Bertz CT molecular complexity index is 682. The minimum absolute atomic E-state index is 0.118. The first kappa shape index (κ1) is 13.9. The van der Waals surface area contributed by atoms with Gasteiger partial charge < -0.3 is 5.11 Å². The zero-order valence-corrected chi connectivity index (χ0v) is 11.0. The number of nitro benzene ring substituents is 1. The van der Waals surface area contributed by atoms with Gasteiger partial charge in [0.15, 0.2) is 0 Å². The second kappa shape index (κ2) is 5.64. The summed E-state index contributed by atoms with van der Waals surface area (Å²) in [6.07, 6.45) is 3.94. The molecule has 1 N–H and O–H groups in total. The fraction of sp³-hybridized carbons (Fsp3) is 0.286. The topological polar surface area (TPSA) is 93.3 Å². The van der Waals surface area contributed by atoms with E-state index in [0.29, 0.717) is 22.9 Å². The predicted molar refractivity (Wildman–Crippen MR) is 74.0 cm³/mol. The standard InChI is InChI=1S/C14H14N2O4/c1-2-3-4-9-8-15-12-6-5-10(16(19)20)7-11(12)13(9)14(17)18/h5-8H,2-4H2,1H3,(H,17,18). The van der Waals surface area contributed by atoms with Crippen LogP contribution in [0.25, 0.3) is 10.9 Å². The SMILES string of the molecule is CCCCc1cnc2ccc([N+](=O)[O-])cc2c1C(=O)O. The number of unbranched alkanes of at least 4 members (excludes halogenated alkanes) is 1. The van der Waals surface area contributed by atoms with Gasteiger partial charge in [0.25, 0.3) is 5.69 Å². The van der Waals surface area contributed by atoms with Gasteiger partial charge in [-0.25, -0.2) is 4.79 Å². The molecular weight excluding hydrogens is 260 g/mol. The number of aromatic carboxylic acids is 1. The number of hydrogen-bond donors (Lipinski definition) is 1. The maximum atomic E-state index is 11.5. The zero-order valence-electron chi connectivity index (χ0n) is 11.0. The van der Waals surface area contributed by atoms with E-state index in [1.165, 1.54) is 18.2 Å². The molecule has 0 bridgehead atoms. The molecule has 2 rings (SSSR count). The van der Waals surface area contributed by atoms with E-state index in [9.17, 15) is 20.0 Å². The lowest BCUT2D eigenvalue weighted by atomic mass is 9.99. The van der Waals surface area contributed by atoms with Crippen LogP contribution in [-0.2, 0) is 6.42 Å². The van der Waals surface area contributed by atoms with E-state index >= 15 is 0 Å². The molecule has 0 fully saturated rings. The molecule has 0 amide bonds. The van der Waals surface area contributed by atoms with E-state index in [-0.39, 0.29) is 11.3 Å². The number of aromatic nitrogens is 1. The van der Waals surface area contributed by atoms with Crippen LogP contribution in [0.2, 0.25) is 0 Å². The van der Waals surface area contributed by atoms with Gasteiger partial charge >= 0.3 is 5.97 Å². The number of fused-ring (bicyclic) bond motifs is 1. The highest BCUT2D eigenvalue weighted by Crippen LogP contribution is 2.26. The monoisotopic (exact) mass is 274 g/mol. The van der Waals surface area contributed by atoms with E-state index in [1.54, 1.807) is 6.20 Å². The van der Waals surface area contributed by atoms with E-state index in [2.05, 4.69) is 4.98 Å². The van der Waals surface area contributed by atoms with Crippen LogP contribution in [0.3, 0.4) is 0 Å². The van der Waals surface area contributed by atoms with Crippen molar-refractivity contribution < 1.29 is 14.8 Å². The fourth-order valence-electron chi connectivity index (χ4n) is 2.14. The Morgan fingerprint density at radius 2 is 2.20 bits per heavy atom. The van der Waals surface area contributed by atoms with Crippen molar-refractivity contribution in [3.63, 3.8) is 0 Å². The molecule has 20 heavy (non-hydrogen) atoms. The minimum Gasteiger partial charge on any atom is -0.478 e. The Morgan fingerprint density at radius 1 is 1.45 bits per heavy atom. The Hall–Kier alpha value is -2.50. The van der Waals surface area contributed by atoms with Crippen LogP contribution in [0, 0.1) is 10.1 Å². The molecule has 0 unspecified atom stereocenters. The molecule has 104 valence electrons. The third kappa shape index (κ3) is 2.59. The number of carboxylic acid groups (broad SMARTS) is 1.